The smallest absolute Gasteiger partial charge is 0.253 e. The minimum absolute atomic E-state index is 0.0303. The third-order valence-electron chi connectivity index (χ3n) is 2.71. The zero-order valence-electron chi connectivity index (χ0n) is 9.39. The number of nitrogens with two attached hydrogens (primary N) is 1. The Kier molecular flexibility index (Phi) is 3.45. The SMILES string of the molecule is Nc1cnc(Cl)cc1C(=O)NC1CCS(=O)(=O)C1. The van der Waals surface area contributed by atoms with Gasteiger partial charge in [-0.05, 0) is 12.5 Å². The summed E-state index contributed by atoms with van der Waals surface area (Å²) < 4.78 is 22.5. The van der Waals surface area contributed by atoms with Gasteiger partial charge in [0.05, 0.1) is 29.0 Å². The van der Waals surface area contributed by atoms with Crippen molar-refractivity contribution in [3.05, 3.63) is 23.0 Å². The van der Waals surface area contributed by atoms with Crippen LogP contribution in [0, 0.1) is 0 Å². The molecule has 98 valence electrons. The van der Waals surface area contributed by atoms with Crippen molar-refractivity contribution >= 4 is 33.0 Å². The Balaban J connectivity index is 2.11. The lowest BCUT2D eigenvalue weighted by Gasteiger charge is -2.12. The number of aromatic nitrogens is 1. The number of carbonyl (C=O) groups excluding carboxylic acids is 1. The highest BCUT2D eigenvalue weighted by Crippen LogP contribution is 2.17. The molecular weight excluding hydrogens is 278 g/mol. The highest BCUT2D eigenvalue weighted by Gasteiger charge is 2.29. The number of hydrogen-bond donors (Lipinski definition) is 2. The minimum atomic E-state index is -3.03. The molecule has 2 heterocycles. The number of nitrogens with zero attached hydrogens (tertiary/aromatic N) is 1. The number of halogens is 1. The van der Waals surface area contributed by atoms with Gasteiger partial charge in [0.15, 0.2) is 9.84 Å². The zero-order chi connectivity index (χ0) is 13.3. The van der Waals surface area contributed by atoms with Crippen LogP contribution in [0.2, 0.25) is 5.15 Å². The molecule has 0 saturated carbocycles. The van der Waals surface area contributed by atoms with Crippen LogP contribution in [0.4, 0.5) is 5.69 Å². The molecule has 3 N–H and O–H groups in total. The van der Waals surface area contributed by atoms with Crippen molar-refractivity contribution in [1.29, 1.82) is 0 Å². The van der Waals surface area contributed by atoms with E-state index < -0.39 is 15.7 Å². The number of sulfone groups is 1. The molecule has 8 heteroatoms. The van der Waals surface area contributed by atoms with Gasteiger partial charge in [-0.15, -0.1) is 0 Å². The van der Waals surface area contributed by atoms with Crippen LogP contribution in [0.5, 0.6) is 0 Å². The highest BCUT2D eigenvalue weighted by molar-refractivity contribution is 7.91. The van der Waals surface area contributed by atoms with E-state index in [0.717, 1.165) is 0 Å². The molecule has 1 aliphatic rings. The lowest BCUT2D eigenvalue weighted by atomic mass is 10.2. The number of nitrogens with one attached hydrogen (secondary N) is 1. The lowest BCUT2D eigenvalue weighted by Crippen LogP contribution is -2.36. The van der Waals surface area contributed by atoms with E-state index in [9.17, 15) is 13.2 Å². The van der Waals surface area contributed by atoms with E-state index in [4.69, 9.17) is 17.3 Å². The molecule has 18 heavy (non-hydrogen) atoms. The predicted octanol–water partition coefficient (Wildman–Crippen LogP) is 0.234. The largest absolute Gasteiger partial charge is 0.397 e. The van der Waals surface area contributed by atoms with Gasteiger partial charge in [0, 0.05) is 6.04 Å². The van der Waals surface area contributed by atoms with E-state index >= 15 is 0 Å². The quantitative estimate of drug-likeness (QED) is 0.759. The summed E-state index contributed by atoms with van der Waals surface area (Å²) in [6.45, 7) is 0. The average Bonchev–Trinajstić information content (AvgIpc) is 2.61. The Morgan fingerprint density at radius 2 is 2.28 bits per heavy atom. The number of nitrogen functional groups attached to an aromatic ring is 1. The predicted molar refractivity (Wildman–Crippen MR) is 68.2 cm³/mol. The summed E-state index contributed by atoms with van der Waals surface area (Å²) in [5.74, 6) is -0.360. The Labute approximate surface area is 109 Å². The highest BCUT2D eigenvalue weighted by atomic mass is 35.5. The van der Waals surface area contributed by atoms with Gasteiger partial charge in [-0.25, -0.2) is 13.4 Å². The van der Waals surface area contributed by atoms with Gasteiger partial charge in [0.25, 0.3) is 5.91 Å². The maximum Gasteiger partial charge on any atom is 0.253 e. The van der Waals surface area contributed by atoms with Gasteiger partial charge < -0.3 is 11.1 Å². The molecule has 0 bridgehead atoms. The van der Waals surface area contributed by atoms with E-state index in [-0.39, 0.29) is 34.0 Å². The normalized spacial score (nSPS) is 21.7. The van der Waals surface area contributed by atoms with Gasteiger partial charge in [0.2, 0.25) is 0 Å². The first-order chi connectivity index (χ1) is 8.37. The molecule has 6 nitrogen and oxygen atoms in total. The van der Waals surface area contributed by atoms with E-state index in [1.165, 1.54) is 12.3 Å². The maximum atomic E-state index is 11.9. The fraction of sp³-hybridized carbons (Fsp3) is 0.400. The van der Waals surface area contributed by atoms with Crippen molar-refractivity contribution < 1.29 is 13.2 Å². The van der Waals surface area contributed by atoms with Gasteiger partial charge in [-0.1, -0.05) is 11.6 Å². The summed E-state index contributed by atoms with van der Waals surface area (Å²) in [5, 5.41) is 2.79. The fourth-order valence-corrected chi connectivity index (χ4v) is 3.64. The second-order valence-electron chi connectivity index (χ2n) is 4.17. The number of carbonyl (C=O) groups is 1. The molecule has 1 unspecified atom stereocenters. The summed E-state index contributed by atoms with van der Waals surface area (Å²) in [7, 11) is -3.03. The lowest BCUT2D eigenvalue weighted by molar-refractivity contribution is 0.0942. The molecule has 0 aromatic carbocycles. The van der Waals surface area contributed by atoms with E-state index in [1.807, 2.05) is 0 Å². The number of pyridine rings is 1. The van der Waals surface area contributed by atoms with Gasteiger partial charge in [-0.3, -0.25) is 4.79 Å². The first-order valence-electron chi connectivity index (χ1n) is 5.30. The van der Waals surface area contributed by atoms with Crippen LogP contribution < -0.4 is 11.1 Å². The summed E-state index contributed by atoms with van der Waals surface area (Å²) in [5.41, 5.74) is 6.03. The summed E-state index contributed by atoms with van der Waals surface area (Å²) in [4.78, 5) is 15.7. The summed E-state index contributed by atoms with van der Waals surface area (Å²) in [6, 6.07) is 0.990. The molecule has 1 aromatic heterocycles. The number of amides is 1. The van der Waals surface area contributed by atoms with E-state index in [2.05, 4.69) is 10.3 Å². The molecule has 1 amide bonds. The molecule has 0 aliphatic carbocycles. The molecule has 0 radical (unpaired) electrons. The Morgan fingerprint density at radius 1 is 1.56 bits per heavy atom. The zero-order valence-corrected chi connectivity index (χ0v) is 11.0. The third kappa shape index (κ3) is 2.91. The standard InChI is InChI=1S/C10H12ClN3O3S/c11-9-3-7(8(12)4-13-9)10(15)14-6-1-2-18(16,17)5-6/h3-4,6H,1-2,5,12H2,(H,14,15). The third-order valence-corrected chi connectivity index (χ3v) is 4.69. The van der Waals surface area contributed by atoms with E-state index in [0.29, 0.717) is 6.42 Å². The molecule has 1 saturated heterocycles. The molecule has 0 spiro atoms. The van der Waals surface area contributed by atoms with Crippen LogP contribution in [0.1, 0.15) is 16.8 Å². The topological polar surface area (TPSA) is 102 Å². The Morgan fingerprint density at radius 3 is 2.89 bits per heavy atom. The van der Waals surface area contributed by atoms with Crippen molar-refractivity contribution in [2.24, 2.45) is 0 Å². The van der Waals surface area contributed by atoms with Crippen molar-refractivity contribution in [1.82, 2.24) is 10.3 Å². The molecule has 1 aromatic rings. The van der Waals surface area contributed by atoms with Crippen molar-refractivity contribution in [3.8, 4) is 0 Å². The van der Waals surface area contributed by atoms with Crippen LogP contribution in [0.25, 0.3) is 0 Å². The summed E-state index contributed by atoms with van der Waals surface area (Å²) in [6.07, 6.45) is 1.72. The van der Waals surface area contributed by atoms with Crippen molar-refractivity contribution in [3.63, 3.8) is 0 Å². The monoisotopic (exact) mass is 289 g/mol. The van der Waals surface area contributed by atoms with Crippen LogP contribution in [-0.4, -0.2) is 36.9 Å². The molecular formula is C10H12ClN3O3S. The van der Waals surface area contributed by atoms with Crippen LogP contribution in [0.3, 0.4) is 0 Å². The first kappa shape index (κ1) is 13.1. The Hall–Kier alpha value is -1.34. The van der Waals surface area contributed by atoms with Gasteiger partial charge in [-0.2, -0.15) is 0 Å². The first-order valence-corrected chi connectivity index (χ1v) is 7.49. The number of rotatable bonds is 2. The average molecular weight is 290 g/mol. The molecule has 1 atom stereocenters. The molecule has 1 aliphatic heterocycles. The second-order valence-corrected chi connectivity index (χ2v) is 6.78. The fourth-order valence-electron chi connectivity index (χ4n) is 1.81. The summed E-state index contributed by atoms with van der Waals surface area (Å²) >= 11 is 5.68. The number of hydrogen-bond acceptors (Lipinski definition) is 5. The van der Waals surface area contributed by atoms with Crippen LogP contribution in [0.15, 0.2) is 12.3 Å². The van der Waals surface area contributed by atoms with Gasteiger partial charge >= 0.3 is 0 Å². The van der Waals surface area contributed by atoms with Gasteiger partial charge in [0.1, 0.15) is 5.15 Å². The van der Waals surface area contributed by atoms with E-state index in [1.54, 1.807) is 0 Å². The van der Waals surface area contributed by atoms with Crippen molar-refractivity contribution in [2.75, 3.05) is 17.2 Å². The maximum absolute atomic E-state index is 11.9. The second kappa shape index (κ2) is 4.74. The van der Waals surface area contributed by atoms with Crippen molar-refractivity contribution in [2.45, 2.75) is 12.5 Å². The molecule has 1 fully saturated rings. The Bertz CT molecular complexity index is 588. The van der Waals surface area contributed by atoms with Crippen LogP contribution >= 0.6 is 11.6 Å². The molecule has 2 rings (SSSR count). The minimum Gasteiger partial charge on any atom is -0.397 e. The number of anilines is 1. The van der Waals surface area contributed by atoms with Crippen LogP contribution in [-0.2, 0) is 9.84 Å².